The summed E-state index contributed by atoms with van der Waals surface area (Å²) in [5.74, 6) is 0.438. The van der Waals surface area contributed by atoms with E-state index in [4.69, 9.17) is 4.74 Å². The molecular formula is C27H25N3O2. The van der Waals surface area contributed by atoms with Crippen molar-refractivity contribution in [3.05, 3.63) is 119 Å². The molecule has 1 amide bonds. The van der Waals surface area contributed by atoms with Gasteiger partial charge in [-0.2, -0.15) is 5.10 Å². The van der Waals surface area contributed by atoms with Gasteiger partial charge in [0.25, 0.3) is 5.91 Å². The number of hydrogen-bond acceptors (Lipinski definition) is 3. The van der Waals surface area contributed by atoms with Crippen molar-refractivity contribution in [2.45, 2.75) is 20.5 Å². The summed E-state index contributed by atoms with van der Waals surface area (Å²) in [7, 11) is 0. The minimum atomic E-state index is -0.267. The van der Waals surface area contributed by atoms with Crippen molar-refractivity contribution in [3.63, 3.8) is 0 Å². The maximum absolute atomic E-state index is 12.5. The number of rotatable bonds is 7. The zero-order chi connectivity index (χ0) is 22.3. The molecule has 0 saturated heterocycles. The van der Waals surface area contributed by atoms with Gasteiger partial charge in [-0.05, 0) is 67.9 Å². The topological polar surface area (TPSA) is 55.6 Å². The summed E-state index contributed by atoms with van der Waals surface area (Å²) in [5, 5.41) is 4.12. The summed E-state index contributed by atoms with van der Waals surface area (Å²) in [6.07, 6.45) is 1.60. The number of aryl methyl sites for hydroxylation is 2. The van der Waals surface area contributed by atoms with Gasteiger partial charge in [-0.1, -0.05) is 42.5 Å². The number of amides is 1. The molecule has 5 heteroatoms. The van der Waals surface area contributed by atoms with Gasteiger partial charge in [0.2, 0.25) is 0 Å². The second kappa shape index (κ2) is 9.79. The van der Waals surface area contributed by atoms with E-state index in [1.54, 1.807) is 18.3 Å². The van der Waals surface area contributed by atoms with E-state index < -0.39 is 0 Å². The van der Waals surface area contributed by atoms with Crippen LogP contribution in [-0.4, -0.2) is 16.7 Å². The molecule has 0 spiro atoms. The van der Waals surface area contributed by atoms with Crippen molar-refractivity contribution < 1.29 is 9.53 Å². The first-order chi connectivity index (χ1) is 15.6. The highest BCUT2D eigenvalue weighted by molar-refractivity contribution is 5.95. The highest BCUT2D eigenvalue weighted by Gasteiger charge is 2.08. The predicted molar refractivity (Wildman–Crippen MR) is 128 cm³/mol. The number of benzene rings is 3. The average molecular weight is 424 g/mol. The third kappa shape index (κ3) is 4.95. The second-order valence-corrected chi connectivity index (χ2v) is 7.51. The van der Waals surface area contributed by atoms with Gasteiger partial charge in [-0.15, -0.1) is 0 Å². The van der Waals surface area contributed by atoms with E-state index in [0.717, 1.165) is 28.2 Å². The van der Waals surface area contributed by atoms with Crippen LogP contribution in [0.3, 0.4) is 0 Å². The first-order valence-corrected chi connectivity index (χ1v) is 10.5. The number of nitrogens with zero attached hydrogens (tertiary/aromatic N) is 2. The third-order valence-electron chi connectivity index (χ3n) is 5.18. The van der Waals surface area contributed by atoms with E-state index in [0.29, 0.717) is 17.9 Å². The predicted octanol–water partition coefficient (Wildman–Crippen LogP) is 5.44. The van der Waals surface area contributed by atoms with Crippen LogP contribution in [0.5, 0.6) is 5.75 Å². The molecule has 1 aromatic heterocycles. The Hall–Kier alpha value is -4.12. The number of para-hydroxylation sites is 1. The van der Waals surface area contributed by atoms with Crippen LogP contribution in [0.1, 0.15) is 32.9 Å². The fourth-order valence-corrected chi connectivity index (χ4v) is 3.52. The largest absolute Gasteiger partial charge is 0.488 e. The monoisotopic (exact) mass is 423 g/mol. The Labute approximate surface area is 188 Å². The number of hydrogen-bond donors (Lipinski definition) is 1. The van der Waals surface area contributed by atoms with Crippen LogP contribution in [0, 0.1) is 13.8 Å². The number of hydrazone groups is 1. The molecule has 0 aliphatic rings. The molecule has 1 heterocycles. The fraction of sp³-hybridized carbons (Fsp3) is 0.111. The number of carbonyl (C=O) groups excluding carboxylic acids is 1. The zero-order valence-electron chi connectivity index (χ0n) is 18.2. The molecule has 0 aliphatic heterocycles. The molecule has 0 bridgehead atoms. The number of nitrogens with one attached hydrogen (secondary N) is 1. The van der Waals surface area contributed by atoms with Crippen LogP contribution in [0.2, 0.25) is 0 Å². The Kier molecular flexibility index (Phi) is 6.46. The molecular weight excluding hydrogens is 398 g/mol. The SMILES string of the molecule is Cc1ccc(C)n1-c1ccc(C(=O)NN=Cc2ccccc2OCc2ccccc2)cc1. The number of ether oxygens (including phenoxy) is 1. The van der Waals surface area contributed by atoms with Crippen LogP contribution < -0.4 is 10.2 Å². The summed E-state index contributed by atoms with van der Waals surface area (Å²) in [5.41, 5.74) is 8.33. The van der Waals surface area contributed by atoms with Crippen molar-refractivity contribution >= 4 is 12.1 Å². The van der Waals surface area contributed by atoms with Gasteiger partial charge in [0.05, 0.1) is 6.21 Å². The molecule has 160 valence electrons. The van der Waals surface area contributed by atoms with Gasteiger partial charge in [0.1, 0.15) is 12.4 Å². The summed E-state index contributed by atoms with van der Waals surface area (Å²) in [6.45, 7) is 4.58. The molecule has 3 aromatic carbocycles. The summed E-state index contributed by atoms with van der Waals surface area (Å²) < 4.78 is 8.07. The molecule has 32 heavy (non-hydrogen) atoms. The molecule has 0 saturated carbocycles. The first-order valence-electron chi connectivity index (χ1n) is 10.5. The molecule has 4 aromatic rings. The van der Waals surface area contributed by atoms with Crippen LogP contribution in [0.4, 0.5) is 0 Å². The van der Waals surface area contributed by atoms with Crippen LogP contribution in [-0.2, 0) is 6.61 Å². The van der Waals surface area contributed by atoms with Crippen molar-refractivity contribution in [3.8, 4) is 11.4 Å². The van der Waals surface area contributed by atoms with Crippen molar-refractivity contribution in [1.82, 2.24) is 9.99 Å². The quantitative estimate of drug-likeness (QED) is 0.318. The molecule has 0 radical (unpaired) electrons. The lowest BCUT2D eigenvalue weighted by Gasteiger charge is -2.10. The van der Waals surface area contributed by atoms with Crippen LogP contribution in [0.25, 0.3) is 5.69 Å². The fourth-order valence-electron chi connectivity index (χ4n) is 3.52. The number of aromatic nitrogens is 1. The standard InChI is InChI=1S/C27H25N3O2/c1-20-12-13-21(2)30(20)25-16-14-23(15-17-25)27(31)29-28-18-24-10-6-7-11-26(24)32-19-22-8-4-3-5-9-22/h3-18H,19H2,1-2H3,(H,29,31). The van der Waals surface area contributed by atoms with Gasteiger partial charge < -0.3 is 9.30 Å². The van der Waals surface area contributed by atoms with Gasteiger partial charge in [-0.25, -0.2) is 5.43 Å². The molecule has 0 fully saturated rings. The molecule has 4 rings (SSSR count). The van der Waals surface area contributed by atoms with E-state index in [-0.39, 0.29) is 5.91 Å². The highest BCUT2D eigenvalue weighted by Crippen LogP contribution is 2.18. The lowest BCUT2D eigenvalue weighted by atomic mass is 10.2. The van der Waals surface area contributed by atoms with E-state index in [1.807, 2.05) is 66.7 Å². The maximum Gasteiger partial charge on any atom is 0.271 e. The normalized spacial score (nSPS) is 10.9. The average Bonchev–Trinajstić information content (AvgIpc) is 3.17. The van der Waals surface area contributed by atoms with Gasteiger partial charge in [0, 0.05) is 28.2 Å². The molecule has 0 unspecified atom stereocenters. The Morgan fingerprint density at radius 2 is 1.53 bits per heavy atom. The summed E-state index contributed by atoms with van der Waals surface area (Å²) >= 11 is 0. The zero-order valence-corrected chi connectivity index (χ0v) is 18.2. The van der Waals surface area contributed by atoms with Crippen molar-refractivity contribution in [1.29, 1.82) is 0 Å². The van der Waals surface area contributed by atoms with E-state index >= 15 is 0 Å². The van der Waals surface area contributed by atoms with Gasteiger partial charge in [-0.3, -0.25) is 4.79 Å². The van der Waals surface area contributed by atoms with Crippen molar-refractivity contribution in [2.24, 2.45) is 5.10 Å². The van der Waals surface area contributed by atoms with Crippen LogP contribution >= 0.6 is 0 Å². The molecule has 5 nitrogen and oxygen atoms in total. The third-order valence-corrected chi connectivity index (χ3v) is 5.18. The lowest BCUT2D eigenvalue weighted by molar-refractivity contribution is 0.0955. The Morgan fingerprint density at radius 1 is 0.875 bits per heavy atom. The van der Waals surface area contributed by atoms with Gasteiger partial charge >= 0.3 is 0 Å². The van der Waals surface area contributed by atoms with E-state index in [2.05, 4.69) is 41.1 Å². The molecule has 0 aliphatic carbocycles. The Morgan fingerprint density at radius 3 is 2.25 bits per heavy atom. The van der Waals surface area contributed by atoms with Crippen LogP contribution in [0.15, 0.2) is 96.1 Å². The molecule has 1 N–H and O–H groups in total. The first kappa shape index (κ1) is 21.1. The number of carbonyl (C=O) groups is 1. The minimum absolute atomic E-state index is 0.267. The molecule has 0 atom stereocenters. The summed E-state index contributed by atoms with van der Waals surface area (Å²) in [6, 6.07) is 29.2. The lowest BCUT2D eigenvalue weighted by Crippen LogP contribution is -2.17. The van der Waals surface area contributed by atoms with E-state index in [1.165, 1.54) is 0 Å². The summed E-state index contributed by atoms with van der Waals surface area (Å²) in [4.78, 5) is 12.5. The minimum Gasteiger partial charge on any atom is -0.488 e. The maximum atomic E-state index is 12.5. The smallest absolute Gasteiger partial charge is 0.271 e. The Balaban J connectivity index is 1.39. The highest BCUT2D eigenvalue weighted by atomic mass is 16.5. The second-order valence-electron chi connectivity index (χ2n) is 7.51. The van der Waals surface area contributed by atoms with Gasteiger partial charge in [0.15, 0.2) is 0 Å². The van der Waals surface area contributed by atoms with Crippen molar-refractivity contribution in [2.75, 3.05) is 0 Å². The van der Waals surface area contributed by atoms with E-state index in [9.17, 15) is 4.79 Å². The Bertz CT molecular complexity index is 1210.